The molecule has 2 N–H and O–H groups in total. The van der Waals surface area contributed by atoms with Crippen molar-refractivity contribution in [1.82, 2.24) is 14.2 Å². The molecule has 12 heteroatoms. The number of benzene rings is 2. The van der Waals surface area contributed by atoms with E-state index in [0.29, 0.717) is 16.9 Å². The van der Waals surface area contributed by atoms with Gasteiger partial charge in [-0.3, -0.25) is 18.9 Å². The summed E-state index contributed by atoms with van der Waals surface area (Å²) in [5, 5.41) is 2.60. The van der Waals surface area contributed by atoms with Crippen molar-refractivity contribution in [3.8, 4) is 5.69 Å². The minimum atomic E-state index is -4.58. The van der Waals surface area contributed by atoms with Crippen LogP contribution in [0.3, 0.4) is 0 Å². The number of halogens is 3. The Morgan fingerprint density at radius 3 is 2.29 bits per heavy atom. The number of anilines is 1. The molecule has 1 aromatic heterocycles. The van der Waals surface area contributed by atoms with Crippen LogP contribution < -0.4 is 15.6 Å². The average Bonchev–Trinajstić information content (AvgIpc) is 2.78. The minimum absolute atomic E-state index is 0.00672. The Morgan fingerprint density at radius 1 is 1.03 bits per heavy atom. The Bertz CT molecular complexity index is 1400. The van der Waals surface area contributed by atoms with Gasteiger partial charge in [-0.2, -0.15) is 25.9 Å². The lowest BCUT2D eigenvalue weighted by Gasteiger charge is -2.15. The summed E-state index contributed by atoms with van der Waals surface area (Å²) in [4.78, 5) is 25.7. The molecule has 0 spiro atoms. The van der Waals surface area contributed by atoms with Crippen LogP contribution in [-0.4, -0.2) is 37.3 Å². The van der Waals surface area contributed by atoms with E-state index < -0.39 is 33.4 Å². The zero-order valence-electron chi connectivity index (χ0n) is 19.1. The zero-order valence-corrected chi connectivity index (χ0v) is 19.9. The quantitative estimate of drug-likeness (QED) is 0.512. The average molecular weight is 509 g/mol. The van der Waals surface area contributed by atoms with E-state index >= 15 is 0 Å². The van der Waals surface area contributed by atoms with Gasteiger partial charge in [0, 0.05) is 37.7 Å². The number of carbonyl (C=O) groups excluding carboxylic acids is 1. The monoisotopic (exact) mass is 508 g/mol. The molecule has 2 aromatic carbocycles. The predicted molar refractivity (Wildman–Crippen MR) is 126 cm³/mol. The summed E-state index contributed by atoms with van der Waals surface area (Å²) in [6, 6.07) is 13.3. The maximum absolute atomic E-state index is 13.1. The molecule has 0 aliphatic rings. The Morgan fingerprint density at radius 2 is 1.69 bits per heavy atom. The summed E-state index contributed by atoms with van der Waals surface area (Å²) in [5.74, 6) is -0.701. The molecule has 1 heterocycles. The van der Waals surface area contributed by atoms with Crippen LogP contribution in [0.4, 0.5) is 18.9 Å². The molecule has 0 saturated heterocycles. The van der Waals surface area contributed by atoms with Crippen molar-refractivity contribution < 1.29 is 26.4 Å². The van der Waals surface area contributed by atoms with E-state index in [1.54, 1.807) is 19.1 Å². The summed E-state index contributed by atoms with van der Waals surface area (Å²) in [6.07, 6.45) is -4.58. The van der Waals surface area contributed by atoms with Gasteiger partial charge in [-0.25, -0.2) is 0 Å². The highest BCUT2D eigenvalue weighted by Crippen LogP contribution is 2.30. The van der Waals surface area contributed by atoms with Crippen LogP contribution in [-0.2, 0) is 22.9 Å². The van der Waals surface area contributed by atoms with Crippen molar-refractivity contribution in [2.75, 3.05) is 18.8 Å². The third kappa shape index (κ3) is 6.08. The topological polar surface area (TPSA) is 101 Å². The van der Waals surface area contributed by atoms with E-state index in [4.69, 9.17) is 0 Å². The third-order valence-corrected chi connectivity index (χ3v) is 6.54. The number of rotatable bonds is 7. The summed E-state index contributed by atoms with van der Waals surface area (Å²) >= 11 is 0. The fourth-order valence-corrected chi connectivity index (χ4v) is 3.77. The van der Waals surface area contributed by atoms with Crippen molar-refractivity contribution in [3.63, 3.8) is 0 Å². The van der Waals surface area contributed by atoms with Gasteiger partial charge in [0.1, 0.15) is 5.56 Å². The summed E-state index contributed by atoms with van der Waals surface area (Å²) in [6.45, 7) is 1.59. The normalized spacial score (nSPS) is 12.0. The number of pyridine rings is 1. The number of aromatic nitrogens is 1. The maximum atomic E-state index is 13.1. The van der Waals surface area contributed by atoms with Crippen LogP contribution in [0.15, 0.2) is 65.5 Å². The number of carbonyl (C=O) groups is 1. The van der Waals surface area contributed by atoms with Crippen molar-refractivity contribution >= 4 is 21.8 Å². The lowest BCUT2D eigenvalue weighted by molar-refractivity contribution is -0.137. The van der Waals surface area contributed by atoms with Crippen LogP contribution in [0.5, 0.6) is 0 Å². The number of nitrogens with zero attached hydrogens (tertiary/aromatic N) is 2. The number of nitrogens with one attached hydrogen (secondary N) is 2. The lowest BCUT2D eigenvalue weighted by atomic mass is 10.1. The van der Waals surface area contributed by atoms with E-state index in [1.807, 2.05) is 0 Å². The Hall–Kier alpha value is -3.64. The first kappa shape index (κ1) is 26.0. The van der Waals surface area contributed by atoms with Crippen LogP contribution in [0, 0.1) is 6.92 Å². The van der Waals surface area contributed by atoms with Gasteiger partial charge in [-0.15, -0.1) is 0 Å². The summed E-state index contributed by atoms with van der Waals surface area (Å²) in [7, 11) is -0.884. The molecular formula is C23H23F3N4O4S. The standard InChI is InChI=1S/C23H23F3N4O4S/c1-15-7-12-20(22(32)30(15)19-6-4-5-17(13-19)23(24,25)26)21(31)27-14-16-8-10-18(11-9-16)28-35(33,34)29(2)3/h4-13,28H,14H2,1-3H3,(H,27,31). The maximum Gasteiger partial charge on any atom is 0.416 e. The second-order valence-corrected chi connectivity index (χ2v) is 9.73. The lowest BCUT2D eigenvalue weighted by Crippen LogP contribution is -2.33. The molecule has 0 unspecified atom stereocenters. The number of amides is 1. The van der Waals surface area contributed by atoms with Gasteiger partial charge in [-0.05, 0) is 55.0 Å². The van der Waals surface area contributed by atoms with E-state index in [1.165, 1.54) is 50.5 Å². The van der Waals surface area contributed by atoms with Crippen LogP contribution in [0.2, 0.25) is 0 Å². The van der Waals surface area contributed by atoms with Gasteiger partial charge in [0.25, 0.3) is 11.5 Å². The van der Waals surface area contributed by atoms with Crippen LogP contribution in [0.1, 0.15) is 27.2 Å². The molecule has 0 saturated carbocycles. The van der Waals surface area contributed by atoms with E-state index in [9.17, 15) is 31.2 Å². The minimum Gasteiger partial charge on any atom is -0.348 e. The Balaban J connectivity index is 1.79. The molecule has 0 aliphatic heterocycles. The first-order valence-corrected chi connectivity index (χ1v) is 11.7. The predicted octanol–water partition coefficient (Wildman–Crippen LogP) is 3.31. The number of alkyl halides is 3. The van der Waals surface area contributed by atoms with Gasteiger partial charge < -0.3 is 5.32 Å². The van der Waals surface area contributed by atoms with Gasteiger partial charge in [0.15, 0.2) is 0 Å². The van der Waals surface area contributed by atoms with Gasteiger partial charge in [-0.1, -0.05) is 18.2 Å². The molecule has 0 fully saturated rings. The number of hydrogen-bond acceptors (Lipinski definition) is 4. The number of hydrogen-bond donors (Lipinski definition) is 2. The largest absolute Gasteiger partial charge is 0.416 e. The molecule has 35 heavy (non-hydrogen) atoms. The van der Waals surface area contributed by atoms with Crippen molar-refractivity contribution in [2.45, 2.75) is 19.6 Å². The molecule has 8 nitrogen and oxygen atoms in total. The molecule has 186 valence electrons. The van der Waals surface area contributed by atoms with E-state index in [0.717, 1.165) is 21.0 Å². The second kappa shape index (κ2) is 9.92. The highest BCUT2D eigenvalue weighted by Gasteiger charge is 2.30. The molecular weight excluding hydrogens is 485 g/mol. The first-order valence-electron chi connectivity index (χ1n) is 10.3. The summed E-state index contributed by atoms with van der Waals surface area (Å²) in [5.41, 5.74) is -0.576. The van der Waals surface area contributed by atoms with Crippen LogP contribution >= 0.6 is 0 Å². The fourth-order valence-electron chi connectivity index (χ4n) is 3.15. The molecule has 1 amide bonds. The molecule has 0 atom stereocenters. The molecule has 3 aromatic rings. The molecule has 0 radical (unpaired) electrons. The SMILES string of the molecule is Cc1ccc(C(=O)NCc2ccc(NS(=O)(=O)N(C)C)cc2)c(=O)n1-c1cccc(C(F)(F)F)c1. The van der Waals surface area contributed by atoms with Crippen molar-refractivity contribution in [3.05, 3.63) is 93.4 Å². The van der Waals surface area contributed by atoms with Crippen LogP contribution in [0.25, 0.3) is 5.69 Å². The molecule has 0 bridgehead atoms. The van der Waals surface area contributed by atoms with Gasteiger partial charge in [0.2, 0.25) is 0 Å². The highest BCUT2D eigenvalue weighted by molar-refractivity contribution is 7.90. The smallest absolute Gasteiger partial charge is 0.348 e. The Labute approximate surface area is 200 Å². The van der Waals surface area contributed by atoms with Gasteiger partial charge in [0.05, 0.1) is 5.56 Å². The first-order chi connectivity index (χ1) is 16.3. The van der Waals surface area contributed by atoms with E-state index in [2.05, 4.69) is 10.0 Å². The Kier molecular flexibility index (Phi) is 7.36. The highest BCUT2D eigenvalue weighted by atomic mass is 32.2. The van der Waals surface area contributed by atoms with Gasteiger partial charge >= 0.3 is 16.4 Å². The zero-order chi connectivity index (χ0) is 26.0. The fraction of sp³-hybridized carbons (Fsp3) is 0.217. The van der Waals surface area contributed by atoms with Crippen molar-refractivity contribution in [2.24, 2.45) is 0 Å². The molecule has 0 aliphatic carbocycles. The van der Waals surface area contributed by atoms with E-state index in [-0.39, 0.29) is 17.8 Å². The number of aryl methyl sites for hydroxylation is 1. The third-order valence-electron chi connectivity index (χ3n) is 5.09. The summed E-state index contributed by atoms with van der Waals surface area (Å²) < 4.78 is 67.5. The second-order valence-electron chi connectivity index (χ2n) is 7.85. The molecule has 3 rings (SSSR count). The van der Waals surface area contributed by atoms with Crippen molar-refractivity contribution in [1.29, 1.82) is 0 Å².